The molecule has 0 saturated heterocycles. The molecule has 16 heavy (non-hydrogen) atoms. The van der Waals surface area contributed by atoms with Gasteiger partial charge in [-0.1, -0.05) is 0 Å². The molecule has 5 heteroatoms. The molecule has 1 aromatic rings. The second-order valence-electron chi connectivity index (χ2n) is 4.13. The van der Waals surface area contributed by atoms with E-state index in [0.29, 0.717) is 0 Å². The first-order chi connectivity index (χ1) is 7.41. The SMILES string of the molecule is Cc1nc(C(C)N(CC(=O)O)C(C)C)cs1. The van der Waals surface area contributed by atoms with Gasteiger partial charge in [-0.25, -0.2) is 4.98 Å². The minimum atomic E-state index is -0.799. The predicted octanol–water partition coefficient (Wildman–Crippen LogP) is 2.31. The fourth-order valence-electron chi connectivity index (χ4n) is 1.66. The Balaban J connectivity index is 2.82. The number of thiazole rings is 1. The predicted molar refractivity (Wildman–Crippen MR) is 64.7 cm³/mol. The van der Waals surface area contributed by atoms with E-state index in [1.165, 1.54) is 0 Å². The second kappa shape index (κ2) is 5.41. The van der Waals surface area contributed by atoms with Crippen LogP contribution in [0.25, 0.3) is 0 Å². The molecule has 1 rings (SSSR count). The third-order valence-corrected chi connectivity index (χ3v) is 3.34. The van der Waals surface area contributed by atoms with Crippen molar-refractivity contribution in [1.29, 1.82) is 0 Å². The molecular formula is C11H18N2O2S. The van der Waals surface area contributed by atoms with Crippen LogP contribution in [0.3, 0.4) is 0 Å². The number of rotatable bonds is 5. The average Bonchev–Trinajstić information content (AvgIpc) is 2.59. The number of aryl methyl sites for hydroxylation is 1. The molecule has 1 heterocycles. The Morgan fingerprint density at radius 3 is 2.56 bits per heavy atom. The van der Waals surface area contributed by atoms with Crippen molar-refractivity contribution in [2.24, 2.45) is 0 Å². The third kappa shape index (κ3) is 3.28. The molecule has 0 aliphatic carbocycles. The quantitative estimate of drug-likeness (QED) is 0.861. The van der Waals surface area contributed by atoms with Gasteiger partial charge >= 0.3 is 5.97 Å². The van der Waals surface area contributed by atoms with Crippen LogP contribution in [0.15, 0.2) is 5.38 Å². The zero-order valence-corrected chi connectivity index (χ0v) is 10.9. The fourth-order valence-corrected chi connectivity index (χ4v) is 2.36. The Hall–Kier alpha value is -0.940. The van der Waals surface area contributed by atoms with Crippen molar-refractivity contribution in [2.75, 3.05) is 6.54 Å². The molecule has 0 aliphatic rings. The molecule has 0 saturated carbocycles. The molecule has 90 valence electrons. The normalized spacial score (nSPS) is 13.4. The highest BCUT2D eigenvalue weighted by Crippen LogP contribution is 2.23. The number of aliphatic carboxylic acids is 1. The van der Waals surface area contributed by atoms with Gasteiger partial charge < -0.3 is 5.11 Å². The zero-order chi connectivity index (χ0) is 12.3. The van der Waals surface area contributed by atoms with E-state index in [2.05, 4.69) is 4.98 Å². The van der Waals surface area contributed by atoms with Crippen LogP contribution in [0.4, 0.5) is 0 Å². The van der Waals surface area contributed by atoms with Gasteiger partial charge in [-0.3, -0.25) is 9.69 Å². The van der Waals surface area contributed by atoms with Gasteiger partial charge in [0.05, 0.1) is 23.3 Å². The van der Waals surface area contributed by atoms with Crippen LogP contribution >= 0.6 is 11.3 Å². The van der Waals surface area contributed by atoms with E-state index in [1.807, 2.05) is 38.0 Å². The van der Waals surface area contributed by atoms with E-state index in [9.17, 15) is 4.79 Å². The maximum absolute atomic E-state index is 10.8. The number of aromatic nitrogens is 1. The molecule has 1 aromatic heterocycles. The summed E-state index contributed by atoms with van der Waals surface area (Å²) >= 11 is 1.60. The molecule has 0 spiro atoms. The summed E-state index contributed by atoms with van der Waals surface area (Å²) in [7, 11) is 0. The Kier molecular flexibility index (Phi) is 4.44. The molecule has 0 fully saturated rings. The lowest BCUT2D eigenvalue weighted by atomic mass is 10.1. The lowest BCUT2D eigenvalue weighted by Crippen LogP contribution is -2.37. The van der Waals surface area contributed by atoms with E-state index >= 15 is 0 Å². The van der Waals surface area contributed by atoms with Crippen LogP contribution in [0.1, 0.15) is 37.5 Å². The zero-order valence-electron chi connectivity index (χ0n) is 10.1. The van der Waals surface area contributed by atoms with Gasteiger partial charge in [0.2, 0.25) is 0 Å². The van der Waals surface area contributed by atoms with Crippen LogP contribution in [0.5, 0.6) is 0 Å². The van der Waals surface area contributed by atoms with Crippen LogP contribution in [-0.4, -0.2) is 33.5 Å². The largest absolute Gasteiger partial charge is 0.480 e. The van der Waals surface area contributed by atoms with Gasteiger partial charge in [0, 0.05) is 11.4 Å². The van der Waals surface area contributed by atoms with Gasteiger partial charge in [-0.05, 0) is 27.7 Å². The Morgan fingerprint density at radius 1 is 1.56 bits per heavy atom. The Labute approximate surface area is 99.9 Å². The van der Waals surface area contributed by atoms with E-state index < -0.39 is 5.97 Å². The topological polar surface area (TPSA) is 53.4 Å². The number of hydrogen-bond acceptors (Lipinski definition) is 4. The molecule has 0 aromatic carbocycles. The van der Waals surface area contributed by atoms with Gasteiger partial charge in [-0.15, -0.1) is 11.3 Å². The first kappa shape index (κ1) is 13.1. The van der Waals surface area contributed by atoms with Crippen LogP contribution in [0.2, 0.25) is 0 Å². The van der Waals surface area contributed by atoms with Crippen molar-refractivity contribution in [3.05, 3.63) is 16.1 Å². The van der Waals surface area contributed by atoms with Crippen molar-refractivity contribution in [3.8, 4) is 0 Å². The summed E-state index contributed by atoms with van der Waals surface area (Å²) in [6, 6.07) is 0.231. The Bertz CT molecular complexity index is 363. The van der Waals surface area contributed by atoms with E-state index in [0.717, 1.165) is 10.7 Å². The average molecular weight is 242 g/mol. The lowest BCUT2D eigenvalue weighted by molar-refractivity contribution is -0.139. The number of carbonyl (C=O) groups is 1. The number of hydrogen-bond donors (Lipinski definition) is 1. The highest BCUT2D eigenvalue weighted by Gasteiger charge is 2.22. The number of carboxylic acids is 1. The summed E-state index contributed by atoms with van der Waals surface area (Å²) in [6.45, 7) is 8.00. The summed E-state index contributed by atoms with van der Waals surface area (Å²) in [5, 5.41) is 11.9. The first-order valence-electron chi connectivity index (χ1n) is 5.31. The summed E-state index contributed by atoms with van der Waals surface area (Å²) in [4.78, 5) is 17.1. The summed E-state index contributed by atoms with van der Waals surface area (Å²) < 4.78 is 0. The number of nitrogens with zero attached hydrogens (tertiary/aromatic N) is 2. The molecule has 0 bridgehead atoms. The maximum Gasteiger partial charge on any atom is 0.317 e. The molecule has 4 nitrogen and oxygen atoms in total. The second-order valence-corrected chi connectivity index (χ2v) is 5.19. The van der Waals surface area contributed by atoms with Crippen LogP contribution < -0.4 is 0 Å². The van der Waals surface area contributed by atoms with Crippen molar-refractivity contribution in [2.45, 2.75) is 39.8 Å². The first-order valence-corrected chi connectivity index (χ1v) is 6.19. The molecule has 1 atom stereocenters. The smallest absolute Gasteiger partial charge is 0.317 e. The van der Waals surface area contributed by atoms with Crippen molar-refractivity contribution < 1.29 is 9.90 Å². The summed E-state index contributed by atoms with van der Waals surface area (Å²) in [5.41, 5.74) is 0.956. The summed E-state index contributed by atoms with van der Waals surface area (Å²) in [5.74, 6) is -0.799. The van der Waals surface area contributed by atoms with E-state index in [-0.39, 0.29) is 18.6 Å². The van der Waals surface area contributed by atoms with Crippen LogP contribution in [0, 0.1) is 6.92 Å². The van der Waals surface area contributed by atoms with Crippen molar-refractivity contribution in [3.63, 3.8) is 0 Å². The van der Waals surface area contributed by atoms with Crippen LogP contribution in [-0.2, 0) is 4.79 Å². The summed E-state index contributed by atoms with van der Waals surface area (Å²) in [6.07, 6.45) is 0. The van der Waals surface area contributed by atoms with E-state index in [1.54, 1.807) is 11.3 Å². The standard InChI is InChI=1S/C11H18N2O2S/c1-7(2)13(5-11(14)15)8(3)10-6-16-9(4)12-10/h6-8H,5H2,1-4H3,(H,14,15). The third-order valence-electron chi connectivity index (χ3n) is 2.54. The van der Waals surface area contributed by atoms with Gasteiger partial charge in [-0.2, -0.15) is 0 Å². The van der Waals surface area contributed by atoms with E-state index in [4.69, 9.17) is 5.11 Å². The highest BCUT2D eigenvalue weighted by atomic mass is 32.1. The van der Waals surface area contributed by atoms with Gasteiger partial charge in [0.15, 0.2) is 0 Å². The Morgan fingerprint density at radius 2 is 2.19 bits per heavy atom. The maximum atomic E-state index is 10.8. The van der Waals surface area contributed by atoms with Gasteiger partial charge in [0.25, 0.3) is 0 Å². The minimum Gasteiger partial charge on any atom is -0.480 e. The molecule has 1 N–H and O–H groups in total. The lowest BCUT2D eigenvalue weighted by Gasteiger charge is -2.30. The monoisotopic (exact) mass is 242 g/mol. The highest BCUT2D eigenvalue weighted by molar-refractivity contribution is 7.09. The minimum absolute atomic E-state index is 0.0426. The van der Waals surface area contributed by atoms with Gasteiger partial charge in [0.1, 0.15) is 0 Å². The van der Waals surface area contributed by atoms with Crippen molar-refractivity contribution in [1.82, 2.24) is 9.88 Å². The number of carboxylic acid groups (broad SMARTS) is 1. The molecule has 0 aliphatic heterocycles. The molecule has 1 unspecified atom stereocenters. The molecular weight excluding hydrogens is 224 g/mol. The fraction of sp³-hybridized carbons (Fsp3) is 0.636. The molecule has 0 radical (unpaired) electrons. The van der Waals surface area contributed by atoms with Crippen molar-refractivity contribution >= 4 is 17.3 Å². The molecule has 0 amide bonds.